The van der Waals surface area contributed by atoms with E-state index >= 15 is 0 Å². The van der Waals surface area contributed by atoms with Crippen molar-refractivity contribution in [3.05, 3.63) is 46.2 Å². The van der Waals surface area contributed by atoms with E-state index in [9.17, 15) is 19.5 Å². The Bertz CT molecular complexity index is 859. The number of phenolic OH excluding ortho intramolecular Hbond substituents is 1. The number of aromatic hydroxyl groups is 1. The van der Waals surface area contributed by atoms with Crippen LogP contribution in [0.2, 0.25) is 0 Å². The van der Waals surface area contributed by atoms with Gasteiger partial charge >= 0.3 is 5.97 Å². The second-order valence-electron chi connectivity index (χ2n) is 6.11. The summed E-state index contributed by atoms with van der Waals surface area (Å²) in [5.41, 5.74) is -0.0708. The van der Waals surface area contributed by atoms with Crippen LogP contribution in [0.25, 0.3) is 0 Å². The van der Waals surface area contributed by atoms with Crippen LogP contribution in [0.1, 0.15) is 20.0 Å². The highest BCUT2D eigenvalue weighted by Crippen LogP contribution is 2.23. The SMILES string of the molecule is COc1ccc(O)c(C(=O)OCC(=O)N2CCN(C(=O)c3cccs3)CC2)c1. The number of hydrogen-bond acceptors (Lipinski definition) is 7. The van der Waals surface area contributed by atoms with Gasteiger partial charge < -0.3 is 24.4 Å². The van der Waals surface area contributed by atoms with Crippen LogP contribution in [0.3, 0.4) is 0 Å². The van der Waals surface area contributed by atoms with Gasteiger partial charge in [0.05, 0.1) is 12.0 Å². The summed E-state index contributed by atoms with van der Waals surface area (Å²) in [6, 6.07) is 7.77. The number of benzene rings is 1. The Kier molecular flexibility index (Phi) is 6.15. The summed E-state index contributed by atoms with van der Waals surface area (Å²) >= 11 is 1.39. The average molecular weight is 404 g/mol. The Morgan fingerprint density at radius 2 is 1.82 bits per heavy atom. The molecule has 3 rings (SSSR count). The van der Waals surface area contributed by atoms with Crippen LogP contribution < -0.4 is 4.74 Å². The molecule has 0 unspecified atom stereocenters. The summed E-state index contributed by atoms with van der Waals surface area (Å²) in [6.45, 7) is 1.16. The summed E-state index contributed by atoms with van der Waals surface area (Å²) in [5.74, 6) is -1.06. The van der Waals surface area contributed by atoms with E-state index in [1.54, 1.807) is 15.9 Å². The van der Waals surface area contributed by atoms with Gasteiger partial charge in [0, 0.05) is 26.2 Å². The molecule has 0 atom stereocenters. The molecule has 1 aromatic carbocycles. The first-order chi connectivity index (χ1) is 13.5. The molecule has 0 bridgehead atoms. The third-order valence-electron chi connectivity index (χ3n) is 4.40. The number of ether oxygens (including phenoxy) is 2. The Hall–Kier alpha value is -3.07. The van der Waals surface area contributed by atoms with Crippen LogP contribution >= 0.6 is 11.3 Å². The normalized spacial score (nSPS) is 13.9. The Morgan fingerprint density at radius 3 is 2.46 bits per heavy atom. The third-order valence-corrected chi connectivity index (χ3v) is 5.26. The van der Waals surface area contributed by atoms with Gasteiger partial charge in [-0.1, -0.05) is 6.07 Å². The second-order valence-corrected chi connectivity index (χ2v) is 7.06. The molecule has 0 saturated carbocycles. The summed E-state index contributed by atoms with van der Waals surface area (Å²) in [4.78, 5) is 40.7. The molecule has 2 amide bonds. The predicted octanol–water partition coefficient (Wildman–Crippen LogP) is 1.60. The van der Waals surface area contributed by atoms with Gasteiger partial charge in [0.1, 0.15) is 17.1 Å². The van der Waals surface area contributed by atoms with E-state index in [0.717, 1.165) is 0 Å². The van der Waals surface area contributed by atoms with Crippen molar-refractivity contribution in [2.75, 3.05) is 39.9 Å². The topological polar surface area (TPSA) is 96.4 Å². The van der Waals surface area contributed by atoms with Gasteiger partial charge in [0.15, 0.2) is 6.61 Å². The standard InChI is InChI=1S/C19H20N2O6S/c1-26-13-4-5-15(22)14(11-13)19(25)27-12-17(23)20-6-8-21(9-7-20)18(24)16-3-2-10-28-16/h2-5,10-11,22H,6-9,12H2,1H3. The molecule has 0 aliphatic carbocycles. The molecule has 1 fully saturated rings. The average Bonchev–Trinajstić information content (AvgIpc) is 3.26. The highest BCUT2D eigenvalue weighted by atomic mass is 32.1. The highest BCUT2D eigenvalue weighted by Gasteiger charge is 2.26. The van der Waals surface area contributed by atoms with E-state index in [2.05, 4.69) is 0 Å². The molecule has 1 aliphatic rings. The maximum absolute atomic E-state index is 12.3. The quantitative estimate of drug-likeness (QED) is 0.761. The summed E-state index contributed by atoms with van der Waals surface area (Å²) in [7, 11) is 1.44. The monoisotopic (exact) mass is 404 g/mol. The zero-order chi connectivity index (χ0) is 20.1. The molecule has 0 spiro atoms. The minimum absolute atomic E-state index is 0.0398. The lowest BCUT2D eigenvalue weighted by Crippen LogP contribution is -2.51. The van der Waals surface area contributed by atoms with Gasteiger partial charge in [-0.15, -0.1) is 11.3 Å². The van der Waals surface area contributed by atoms with E-state index in [-0.39, 0.29) is 23.1 Å². The zero-order valence-corrected chi connectivity index (χ0v) is 16.1. The van der Waals surface area contributed by atoms with Crippen molar-refractivity contribution in [2.24, 2.45) is 0 Å². The number of carbonyl (C=O) groups excluding carboxylic acids is 3. The van der Waals surface area contributed by atoms with Crippen LogP contribution in [0.5, 0.6) is 11.5 Å². The van der Waals surface area contributed by atoms with E-state index < -0.39 is 12.6 Å². The van der Waals surface area contributed by atoms with Gasteiger partial charge in [-0.05, 0) is 29.6 Å². The molecular weight excluding hydrogens is 384 g/mol. The lowest BCUT2D eigenvalue weighted by molar-refractivity contribution is -0.136. The number of thiophene rings is 1. The van der Waals surface area contributed by atoms with Gasteiger partial charge in [-0.25, -0.2) is 4.79 Å². The van der Waals surface area contributed by atoms with Crippen LogP contribution in [0.4, 0.5) is 0 Å². The van der Waals surface area contributed by atoms with Crippen molar-refractivity contribution in [1.29, 1.82) is 0 Å². The Labute approximate surface area is 165 Å². The van der Waals surface area contributed by atoms with Crippen molar-refractivity contribution in [1.82, 2.24) is 9.80 Å². The number of nitrogens with zero attached hydrogens (tertiary/aromatic N) is 2. The Balaban J connectivity index is 1.49. The molecule has 1 saturated heterocycles. The van der Waals surface area contributed by atoms with Crippen LogP contribution in [-0.4, -0.2) is 72.6 Å². The van der Waals surface area contributed by atoms with Crippen molar-refractivity contribution in [2.45, 2.75) is 0 Å². The van der Waals surface area contributed by atoms with Gasteiger partial charge in [-0.2, -0.15) is 0 Å². The van der Waals surface area contributed by atoms with E-state index in [0.29, 0.717) is 36.8 Å². The zero-order valence-electron chi connectivity index (χ0n) is 15.3. The predicted molar refractivity (Wildman–Crippen MR) is 102 cm³/mol. The second kappa shape index (κ2) is 8.75. The molecule has 1 N–H and O–H groups in total. The molecule has 28 heavy (non-hydrogen) atoms. The first kappa shape index (κ1) is 19.7. The first-order valence-electron chi connectivity index (χ1n) is 8.64. The molecule has 2 aromatic rings. The lowest BCUT2D eigenvalue weighted by atomic mass is 10.2. The number of hydrogen-bond donors (Lipinski definition) is 1. The maximum atomic E-state index is 12.3. The van der Waals surface area contributed by atoms with E-state index in [4.69, 9.17) is 9.47 Å². The number of piperazine rings is 1. The smallest absolute Gasteiger partial charge is 0.342 e. The molecular formula is C19H20N2O6S. The fourth-order valence-electron chi connectivity index (χ4n) is 2.82. The number of amides is 2. The van der Waals surface area contributed by atoms with Crippen molar-refractivity contribution >= 4 is 29.1 Å². The number of rotatable bonds is 5. The number of carbonyl (C=O) groups is 3. The minimum Gasteiger partial charge on any atom is -0.507 e. The van der Waals surface area contributed by atoms with Gasteiger partial charge in [0.25, 0.3) is 11.8 Å². The van der Waals surface area contributed by atoms with Crippen LogP contribution in [0, 0.1) is 0 Å². The molecule has 1 aromatic heterocycles. The number of phenols is 1. The Morgan fingerprint density at radius 1 is 1.11 bits per heavy atom. The molecule has 8 nitrogen and oxygen atoms in total. The highest BCUT2D eigenvalue weighted by molar-refractivity contribution is 7.12. The molecule has 2 heterocycles. The summed E-state index contributed by atoms with van der Waals surface area (Å²) < 4.78 is 10.0. The fourth-order valence-corrected chi connectivity index (χ4v) is 3.51. The number of methoxy groups -OCH3 is 1. The van der Waals surface area contributed by atoms with Gasteiger partial charge in [0.2, 0.25) is 0 Å². The third kappa shape index (κ3) is 4.42. The minimum atomic E-state index is -0.809. The van der Waals surface area contributed by atoms with E-state index in [1.807, 2.05) is 11.4 Å². The summed E-state index contributed by atoms with van der Waals surface area (Å²) in [6.07, 6.45) is 0. The largest absolute Gasteiger partial charge is 0.507 e. The molecule has 0 radical (unpaired) electrons. The fraction of sp³-hybridized carbons (Fsp3) is 0.316. The van der Waals surface area contributed by atoms with Crippen molar-refractivity contribution in [3.63, 3.8) is 0 Å². The molecule has 148 valence electrons. The molecule has 9 heteroatoms. The number of esters is 1. The summed E-state index contributed by atoms with van der Waals surface area (Å²) in [5, 5.41) is 11.6. The lowest BCUT2D eigenvalue weighted by Gasteiger charge is -2.34. The van der Waals surface area contributed by atoms with E-state index in [1.165, 1.54) is 36.6 Å². The van der Waals surface area contributed by atoms with Crippen LogP contribution in [-0.2, 0) is 9.53 Å². The van der Waals surface area contributed by atoms with Crippen molar-refractivity contribution < 1.29 is 29.0 Å². The first-order valence-corrected chi connectivity index (χ1v) is 9.52. The van der Waals surface area contributed by atoms with Crippen LogP contribution in [0.15, 0.2) is 35.7 Å². The molecule has 1 aliphatic heterocycles. The van der Waals surface area contributed by atoms with Crippen molar-refractivity contribution in [3.8, 4) is 11.5 Å². The maximum Gasteiger partial charge on any atom is 0.342 e. The van der Waals surface area contributed by atoms with Gasteiger partial charge in [-0.3, -0.25) is 9.59 Å².